The number of hydrogen-bond acceptors (Lipinski definition) is 7. The summed E-state index contributed by atoms with van der Waals surface area (Å²) in [6.07, 6.45) is 9.53. The van der Waals surface area contributed by atoms with Crippen molar-refractivity contribution in [2.75, 3.05) is 45.8 Å². The van der Waals surface area contributed by atoms with Crippen LogP contribution in [-0.2, 0) is 22.4 Å². The second-order valence-electron chi connectivity index (χ2n) is 9.31. The molecule has 3 aliphatic rings. The van der Waals surface area contributed by atoms with Gasteiger partial charge in [-0.2, -0.15) is 0 Å². The molecule has 0 amide bonds. The smallest absolute Gasteiger partial charge is 0.290 e. The van der Waals surface area contributed by atoms with Gasteiger partial charge in [0.25, 0.3) is 6.47 Å². The molecule has 0 radical (unpaired) electrons. The molecular formula is C26H37N3O5. The number of nitrogens with zero attached hydrogens (tertiary/aromatic N) is 2. The van der Waals surface area contributed by atoms with Crippen molar-refractivity contribution >= 4 is 23.1 Å². The number of benzene rings is 1. The Kier molecular flexibility index (Phi) is 8.45. The van der Waals surface area contributed by atoms with E-state index >= 15 is 0 Å². The zero-order valence-electron chi connectivity index (χ0n) is 20.3. The van der Waals surface area contributed by atoms with Crippen LogP contribution in [0.25, 0.3) is 10.9 Å². The van der Waals surface area contributed by atoms with Crippen LogP contribution >= 0.6 is 0 Å². The number of hydrogen-bond donors (Lipinski definition) is 2. The van der Waals surface area contributed by atoms with Crippen LogP contribution in [0.2, 0.25) is 0 Å². The zero-order valence-corrected chi connectivity index (χ0v) is 20.3. The zero-order chi connectivity index (χ0) is 23.9. The first-order chi connectivity index (χ1) is 16.7. The van der Waals surface area contributed by atoms with E-state index in [0.29, 0.717) is 18.8 Å². The summed E-state index contributed by atoms with van der Waals surface area (Å²) in [5.74, 6) is 1.59. The van der Waals surface area contributed by atoms with Crippen LogP contribution in [-0.4, -0.2) is 74.1 Å². The van der Waals surface area contributed by atoms with E-state index in [4.69, 9.17) is 29.1 Å². The molecule has 0 spiro atoms. The summed E-state index contributed by atoms with van der Waals surface area (Å²) in [5, 5.41) is 11.8. The molecule has 8 heteroatoms. The van der Waals surface area contributed by atoms with Crippen LogP contribution in [0, 0.1) is 0 Å². The van der Waals surface area contributed by atoms with Gasteiger partial charge in [0.1, 0.15) is 0 Å². The van der Waals surface area contributed by atoms with Crippen molar-refractivity contribution in [1.82, 2.24) is 9.88 Å². The average molecular weight is 472 g/mol. The summed E-state index contributed by atoms with van der Waals surface area (Å²) in [6.45, 7) is 4.03. The summed E-state index contributed by atoms with van der Waals surface area (Å²) < 4.78 is 17.4. The molecule has 1 saturated heterocycles. The van der Waals surface area contributed by atoms with E-state index in [1.807, 2.05) is 0 Å². The fourth-order valence-corrected chi connectivity index (χ4v) is 5.26. The predicted octanol–water partition coefficient (Wildman–Crippen LogP) is 3.89. The Hall–Kier alpha value is -2.58. The van der Waals surface area contributed by atoms with Gasteiger partial charge in [-0.1, -0.05) is 0 Å². The molecular weight excluding hydrogens is 434 g/mol. The Balaban J connectivity index is 0.000000868. The van der Waals surface area contributed by atoms with Crippen molar-refractivity contribution in [2.45, 2.75) is 63.5 Å². The van der Waals surface area contributed by atoms with Crippen LogP contribution in [0.5, 0.6) is 11.5 Å². The van der Waals surface area contributed by atoms with Crippen molar-refractivity contribution in [3.05, 3.63) is 23.4 Å². The van der Waals surface area contributed by atoms with E-state index in [1.54, 1.807) is 14.2 Å². The van der Waals surface area contributed by atoms with Crippen LogP contribution in [0.15, 0.2) is 12.1 Å². The first kappa shape index (κ1) is 24.5. The van der Waals surface area contributed by atoms with Crippen LogP contribution in [0.1, 0.15) is 49.8 Å². The number of rotatable bonds is 9. The van der Waals surface area contributed by atoms with Gasteiger partial charge in [-0.15, -0.1) is 0 Å². The van der Waals surface area contributed by atoms with Crippen molar-refractivity contribution in [3.63, 3.8) is 0 Å². The Bertz CT molecular complexity index is 971. The second-order valence-corrected chi connectivity index (χ2v) is 9.31. The van der Waals surface area contributed by atoms with Gasteiger partial charge in [0.05, 0.1) is 25.3 Å². The molecule has 1 aromatic heterocycles. The van der Waals surface area contributed by atoms with Gasteiger partial charge in [0.2, 0.25) is 0 Å². The van der Waals surface area contributed by atoms with Crippen LogP contribution in [0.3, 0.4) is 0 Å². The number of likely N-dealkylation sites (tertiary alicyclic amines) is 1. The average Bonchev–Trinajstić information content (AvgIpc) is 3.50. The number of aryl methyl sites for hydroxylation is 1. The van der Waals surface area contributed by atoms with Gasteiger partial charge < -0.3 is 29.5 Å². The van der Waals surface area contributed by atoms with Crippen molar-refractivity contribution in [3.8, 4) is 11.5 Å². The summed E-state index contributed by atoms with van der Waals surface area (Å²) in [6, 6.07) is 4.66. The summed E-state index contributed by atoms with van der Waals surface area (Å²) in [7, 11) is 3.53. The standard InChI is InChI=1S/C25H35N3O3.CH2O2/c1-29-18-13-17(14-18)26-25-19-7-5-8-21(19)27-22-16-24(23(30-2)15-20(22)25)31-12-6-11-28-9-3-4-10-28;2-1-3/h15-18H,3-14H2,1-2H3,(H,26,27);1H,(H,2,3). The van der Waals surface area contributed by atoms with Gasteiger partial charge in [-0.25, -0.2) is 0 Å². The number of ether oxygens (including phenoxy) is 3. The predicted molar refractivity (Wildman–Crippen MR) is 132 cm³/mol. The van der Waals surface area contributed by atoms with Gasteiger partial charge in [-0.05, 0) is 76.1 Å². The molecule has 2 aromatic rings. The number of aromatic nitrogens is 1. The molecule has 8 nitrogen and oxygen atoms in total. The van der Waals surface area contributed by atoms with Crippen molar-refractivity contribution < 1.29 is 24.1 Å². The highest BCUT2D eigenvalue weighted by Crippen LogP contribution is 2.41. The van der Waals surface area contributed by atoms with E-state index in [-0.39, 0.29) is 6.47 Å². The Labute approximate surface area is 201 Å². The van der Waals surface area contributed by atoms with Crippen molar-refractivity contribution in [1.29, 1.82) is 0 Å². The van der Waals surface area contributed by atoms with Crippen LogP contribution in [0.4, 0.5) is 5.69 Å². The molecule has 1 aromatic carbocycles. The molecule has 2 heterocycles. The van der Waals surface area contributed by atoms with E-state index in [0.717, 1.165) is 61.1 Å². The minimum Gasteiger partial charge on any atom is -0.493 e. The number of methoxy groups -OCH3 is 2. The third-order valence-electron chi connectivity index (χ3n) is 7.15. The Morgan fingerprint density at radius 1 is 1.15 bits per heavy atom. The Morgan fingerprint density at radius 3 is 2.62 bits per heavy atom. The molecule has 1 aliphatic heterocycles. The molecule has 1 saturated carbocycles. The summed E-state index contributed by atoms with van der Waals surface area (Å²) >= 11 is 0. The van der Waals surface area contributed by atoms with E-state index in [2.05, 4.69) is 22.3 Å². The molecule has 2 N–H and O–H groups in total. The molecule has 0 bridgehead atoms. The fraction of sp³-hybridized carbons (Fsp3) is 0.615. The Morgan fingerprint density at radius 2 is 1.91 bits per heavy atom. The maximum atomic E-state index is 8.36. The molecule has 5 rings (SSSR count). The van der Waals surface area contributed by atoms with Crippen molar-refractivity contribution in [2.24, 2.45) is 0 Å². The molecule has 2 aliphatic carbocycles. The lowest BCUT2D eigenvalue weighted by atomic mass is 9.88. The third kappa shape index (κ3) is 5.55. The van der Waals surface area contributed by atoms with Crippen LogP contribution < -0.4 is 14.8 Å². The number of nitrogens with one attached hydrogen (secondary N) is 1. The van der Waals surface area contributed by atoms with Gasteiger partial charge >= 0.3 is 0 Å². The highest BCUT2D eigenvalue weighted by Gasteiger charge is 2.31. The second kappa shape index (κ2) is 11.7. The lowest BCUT2D eigenvalue weighted by Crippen LogP contribution is -2.40. The van der Waals surface area contributed by atoms with E-state index < -0.39 is 0 Å². The number of carboxylic acid groups (broad SMARTS) is 1. The first-order valence-electron chi connectivity index (χ1n) is 12.4. The lowest BCUT2D eigenvalue weighted by Gasteiger charge is -2.36. The topological polar surface area (TPSA) is 93.2 Å². The largest absolute Gasteiger partial charge is 0.493 e. The SMILES string of the molecule is COc1cc2c(NC3CC(OC)C3)c3c(nc2cc1OCCCN1CCCC1)CCC3.O=CO. The third-order valence-corrected chi connectivity index (χ3v) is 7.15. The number of anilines is 1. The lowest BCUT2D eigenvalue weighted by molar-refractivity contribution is -0.122. The maximum Gasteiger partial charge on any atom is 0.290 e. The molecule has 186 valence electrons. The fourth-order valence-electron chi connectivity index (χ4n) is 5.26. The molecule has 0 unspecified atom stereocenters. The molecule has 34 heavy (non-hydrogen) atoms. The number of pyridine rings is 1. The quantitative estimate of drug-likeness (QED) is 0.420. The van der Waals surface area contributed by atoms with Gasteiger partial charge in [-0.3, -0.25) is 9.78 Å². The summed E-state index contributed by atoms with van der Waals surface area (Å²) in [4.78, 5) is 15.9. The van der Waals surface area contributed by atoms with Gasteiger partial charge in [0.15, 0.2) is 11.5 Å². The normalized spacial score (nSPS) is 21.4. The maximum absolute atomic E-state index is 8.36. The van der Waals surface area contributed by atoms with E-state index in [9.17, 15) is 0 Å². The molecule has 2 fully saturated rings. The first-order valence-corrected chi connectivity index (χ1v) is 12.4. The van der Waals surface area contributed by atoms with E-state index in [1.165, 1.54) is 49.3 Å². The minimum absolute atomic E-state index is 0.250. The highest BCUT2D eigenvalue weighted by molar-refractivity contribution is 5.96. The molecule has 0 atom stereocenters. The van der Waals surface area contributed by atoms with Gasteiger partial charge in [0, 0.05) is 42.5 Å². The minimum atomic E-state index is -0.250. The monoisotopic (exact) mass is 471 g/mol. The summed E-state index contributed by atoms with van der Waals surface area (Å²) in [5.41, 5.74) is 4.87. The number of fused-ring (bicyclic) bond motifs is 2. The number of carbonyl (C=O) groups is 1. The highest BCUT2D eigenvalue weighted by atomic mass is 16.5.